The maximum atomic E-state index is 13.1. The van der Waals surface area contributed by atoms with Crippen LogP contribution < -0.4 is 5.11 Å². The largest absolute Gasteiger partial charge is 0.545 e. The van der Waals surface area contributed by atoms with Crippen LogP contribution in [0.15, 0.2) is 42.5 Å². The Morgan fingerprint density at radius 2 is 1.82 bits per heavy atom. The number of aryl methyl sites for hydroxylation is 1. The molecule has 0 saturated carbocycles. The van der Waals surface area contributed by atoms with Crippen LogP contribution >= 0.6 is 0 Å². The monoisotopic (exact) mass is 229 g/mol. The molecule has 2 aromatic carbocycles. The molecule has 0 aliphatic carbocycles. The Bertz CT molecular complexity index is 576. The van der Waals surface area contributed by atoms with Crippen molar-refractivity contribution in [1.82, 2.24) is 0 Å². The van der Waals surface area contributed by atoms with Gasteiger partial charge in [0.15, 0.2) is 0 Å². The molecule has 0 atom stereocenters. The highest BCUT2D eigenvalue weighted by molar-refractivity contribution is 5.87. The second-order valence-corrected chi connectivity index (χ2v) is 3.83. The minimum atomic E-state index is -1.22. The lowest BCUT2D eigenvalue weighted by Gasteiger charge is -2.07. The first-order valence-electron chi connectivity index (χ1n) is 5.16. The van der Waals surface area contributed by atoms with Crippen LogP contribution in [0.25, 0.3) is 11.1 Å². The van der Waals surface area contributed by atoms with E-state index < -0.39 is 5.97 Å². The first-order valence-corrected chi connectivity index (χ1v) is 5.16. The van der Waals surface area contributed by atoms with Crippen molar-refractivity contribution in [3.63, 3.8) is 0 Å². The predicted octanol–water partition coefficient (Wildman–Crippen LogP) is 2.16. The van der Waals surface area contributed by atoms with Gasteiger partial charge in [-0.15, -0.1) is 0 Å². The highest BCUT2D eigenvalue weighted by Gasteiger charge is 2.03. The van der Waals surface area contributed by atoms with Gasteiger partial charge in [-0.2, -0.15) is 0 Å². The third-order valence-electron chi connectivity index (χ3n) is 2.59. The van der Waals surface area contributed by atoms with Gasteiger partial charge in [0.05, 0.1) is 5.97 Å². The molecular weight excluding hydrogens is 219 g/mol. The van der Waals surface area contributed by atoms with Gasteiger partial charge in [0.1, 0.15) is 5.82 Å². The standard InChI is InChI=1S/C14H11FO2/c1-9-7-11(5-6-13(9)15)10-3-2-4-12(8-10)14(16)17/h2-8H,1H3,(H,16,17)/p-1. The van der Waals surface area contributed by atoms with Gasteiger partial charge in [-0.05, 0) is 47.4 Å². The maximum Gasteiger partial charge on any atom is 0.126 e. The van der Waals surface area contributed by atoms with E-state index in [9.17, 15) is 14.3 Å². The van der Waals surface area contributed by atoms with Crippen LogP contribution in [0.3, 0.4) is 0 Å². The van der Waals surface area contributed by atoms with Gasteiger partial charge in [0.25, 0.3) is 0 Å². The lowest BCUT2D eigenvalue weighted by Crippen LogP contribution is -2.22. The van der Waals surface area contributed by atoms with Gasteiger partial charge in [-0.1, -0.05) is 24.3 Å². The molecular formula is C14H10FO2-. The van der Waals surface area contributed by atoms with Crippen molar-refractivity contribution in [2.75, 3.05) is 0 Å². The normalized spacial score (nSPS) is 10.2. The number of rotatable bonds is 2. The second kappa shape index (κ2) is 4.37. The van der Waals surface area contributed by atoms with Crippen LogP contribution in [0.2, 0.25) is 0 Å². The second-order valence-electron chi connectivity index (χ2n) is 3.83. The Balaban J connectivity index is 2.49. The number of carboxylic acid groups (broad SMARTS) is 1. The molecule has 0 bridgehead atoms. The summed E-state index contributed by atoms with van der Waals surface area (Å²) < 4.78 is 13.1. The van der Waals surface area contributed by atoms with E-state index in [1.165, 1.54) is 18.2 Å². The Hall–Kier alpha value is -2.16. The fourth-order valence-electron chi connectivity index (χ4n) is 1.65. The summed E-state index contributed by atoms with van der Waals surface area (Å²) in [6.07, 6.45) is 0. The summed E-state index contributed by atoms with van der Waals surface area (Å²) in [6.45, 7) is 1.67. The summed E-state index contributed by atoms with van der Waals surface area (Å²) in [5.74, 6) is -1.49. The fourth-order valence-corrected chi connectivity index (χ4v) is 1.65. The van der Waals surface area contributed by atoms with Crippen molar-refractivity contribution >= 4 is 5.97 Å². The predicted molar refractivity (Wildman–Crippen MR) is 60.9 cm³/mol. The Morgan fingerprint density at radius 3 is 2.47 bits per heavy atom. The zero-order chi connectivity index (χ0) is 12.4. The van der Waals surface area contributed by atoms with Gasteiger partial charge in [-0.25, -0.2) is 4.39 Å². The first kappa shape index (κ1) is 11.3. The summed E-state index contributed by atoms with van der Waals surface area (Å²) in [7, 11) is 0. The Labute approximate surface area is 98.3 Å². The number of aromatic carboxylic acids is 1. The molecule has 3 heteroatoms. The number of halogens is 1. The zero-order valence-electron chi connectivity index (χ0n) is 9.24. The average Bonchev–Trinajstić information content (AvgIpc) is 2.33. The molecule has 0 unspecified atom stereocenters. The minimum absolute atomic E-state index is 0.115. The Morgan fingerprint density at radius 1 is 1.12 bits per heavy atom. The molecule has 17 heavy (non-hydrogen) atoms. The lowest BCUT2D eigenvalue weighted by atomic mass is 10.0. The van der Waals surface area contributed by atoms with E-state index >= 15 is 0 Å². The number of hydrogen-bond acceptors (Lipinski definition) is 2. The van der Waals surface area contributed by atoms with E-state index in [-0.39, 0.29) is 11.4 Å². The molecule has 0 heterocycles. The SMILES string of the molecule is Cc1cc(-c2cccc(C(=O)[O-])c2)ccc1F. The van der Waals surface area contributed by atoms with Crippen molar-refractivity contribution in [1.29, 1.82) is 0 Å². The van der Waals surface area contributed by atoms with E-state index in [1.54, 1.807) is 31.2 Å². The van der Waals surface area contributed by atoms with E-state index in [4.69, 9.17) is 0 Å². The molecule has 0 saturated heterocycles. The summed E-state index contributed by atoms with van der Waals surface area (Å²) in [5.41, 5.74) is 2.16. The van der Waals surface area contributed by atoms with Crippen LogP contribution in [0.1, 0.15) is 15.9 Å². The molecule has 86 valence electrons. The van der Waals surface area contributed by atoms with Crippen molar-refractivity contribution in [2.45, 2.75) is 6.92 Å². The lowest BCUT2D eigenvalue weighted by molar-refractivity contribution is -0.255. The number of carbonyl (C=O) groups is 1. The third kappa shape index (κ3) is 2.33. The van der Waals surface area contributed by atoms with Crippen LogP contribution in [-0.2, 0) is 0 Å². The molecule has 0 amide bonds. The molecule has 0 aromatic heterocycles. The van der Waals surface area contributed by atoms with E-state index in [0.29, 0.717) is 5.56 Å². The Kier molecular flexibility index (Phi) is 2.91. The van der Waals surface area contributed by atoms with Gasteiger partial charge >= 0.3 is 0 Å². The number of carboxylic acids is 1. The number of hydrogen-bond donors (Lipinski definition) is 0. The molecule has 0 radical (unpaired) electrons. The number of carbonyl (C=O) groups excluding carboxylic acids is 1. The summed E-state index contributed by atoms with van der Waals surface area (Å²) >= 11 is 0. The van der Waals surface area contributed by atoms with Crippen molar-refractivity contribution in [3.8, 4) is 11.1 Å². The van der Waals surface area contributed by atoms with Gasteiger partial charge in [0.2, 0.25) is 0 Å². The molecule has 2 nitrogen and oxygen atoms in total. The highest BCUT2D eigenvalue weighted by Crippen LogP contribution is 2.22. The molecule has 0 aliphatic heterocycles. The molecule has 0 spiro atoms. The topological polar surface area (TPSA) is 40.1 Å². The zero-order valence-corrected chi connectivity index (χ0v) is 9.24. The summed E-state index contributed by atoms with van der Waals surface area (Å²) in [4.78, 5) is 10.7. The summed E-state index contributed by atoms with van der Waals surface area (Å²) in [5, 5.41) is 10.7. The maximum absolute atomic E-state index is 13.1. The third-order valence-corrected chi connectivity index (χ3v) is 2.59. The molecule has 2 aromatic rings. The van der Waals surface area contributed by atoms with E-state index in [0.717, 1.165) is 11.1 Å². The van der Waals surface area contributed by atoms with Crippen molar-refractivity contribution in [2.24, 2.45) is 0 Å². The van der Waals surface area contributed by atoms with Gasteiger partial charge < -0.3 is 9.90 Å². The van der Waals surface area contributed by atoms with Crippen LogP contribution in [-0.4, -0.2) is 5.97 Å². The quantitative estimate of drug-likeness (QED) is 0.791. The van der Waals surface area contributed by atoms with Crippen LogP contribution in [0.4, 0.5) is 4.39 Å². The van der Waals surface area contributed by atoms with Crippen LogP contribution in [0.5, 0.6) is 0 Å². The highest BCUT2D eigenvalue weighted by atomic mass is 19.1. The molecule has 0 fully saturated rings. The van der Waals surface area contributed by atoms with Crippen LogP contribution in [0, 0.1) is 12.7 Å². The molecule has 2 rings (SSSR count). The molecule has 0 N–H and O–H groups in total. The van der Waals surface area contributed by atoms with E-state index in [2.05, 4.69) is 0 Å². The van der Waals surface area contributed by atoms with E-state index in [1.807, 2.05) is 0 Å². The van der Waals surface area contributed by atoms with Gasteiger partial charge in [0, 0.05) is 0 Å². The van der Waals surface area contributed by atoms with Crippen molar-refractivity contribution < 1.29 is 14.3 Å². The smallest absolute Gasteiger partial charge is 0.126 e. The number of benzene rings is 2. The first-order chi connectivity index (χ1) is 8.08. The minimum Gasteiger partial charge on any atom is -0.545 e. The summed E-state index contributed by atoms with van der Waals surface area (Å²) in [6, 6.07) is 11.1. The molecule has 0 aliphatic rings. The van der Waals surface area contributed by atoms with Crippen molar-refractivity contribution in [3.05, 3.63) is 59.4 Å². The fraction of sp³-hybridized carbons (Fsp3) is 0.0714. The van der Waals surface area contributed by atoms with Gasteiger partial charge in [-0.3, -0.25) is 0 Å². The average molecular weight is 229 g/mol.